The zero-order chi connectivity index (χ0) is 23.8. The molecule has 0 aliphatic carbocycles. The van der Waals surface area contributed by atoms with Crippen LogP contribution in [0.3, 0.4) is 0 Å². The molecule has 3 N–H and O–H groups in total. The number of hydrogen-bond donors (Lipinski definition) is 3. The van der Waals surface area contributed by atoms with E-state index >= 15 is 0 Å². The molecule has 13 heteroatoms. The van der Waals surface area contributed by atoms with E-state index in [1.807, 2.05) is 0 Å². The first-order valence-corrected chi connectivity index (χ1v) is 9.62. The van der Waals surface area contributed by atoms with E-state index in [1.165, 1.54) is 27.4 Å². The maximum absolute atomic E-state index is 12.2. The Balaban J connectivity index is 1.93. The van der Waals surface area contributed by atoms with Gasteiger partial charge >= 0.3 is 5.97 Å². The summed E-state index contributed by atoms with van der Waals surface area (Å²) in [5.74, 6) is -0.463. The van der Waals surface area contributed by atoms with Crippen LogP contribution in [0.5, 0.6) is 11.5 Å². The van der Waals surface area contributed by atoms with Gasteiger partial charge in [0.25, 0.3) is 5.69 Å². The quantitative estimate of drug-likeness (QED) is 0.172. The molecule has 0 spiro atoms. The third kappa shape index (κ3) is 6.03. The second-order valence-corrected chi connectivity index (χ2v) is 6.78. The number of ether oxygens (including phenoxy) is 6. The Morgan fingerprint density at radius 2 is 1.75 bits per heavy atom. The molecule has 1 aromatic carbocycles. The third-order valence-corrected chi connectivity index (χ3v) is 4.75. The number of methoxy groups -OCH3 is 3. The molecule has 1 aliphatic heterocycles. The minimum atomic E-state index is -1.43. The Bertz CT molecular complexity index is 772. The number of aliphatic hydroxyl groups is 3. The highest BCUT2D eigenvalue weighted by atomic mass is 16.8. The molecule has 32 heavy (non-hydrogen) atoms. The molecule has 5 atom stereocenters. The zero-order valence-corrected chi connectivity index (χ0v) is 17.8. The fourth-order valence-electron chi connectivity index (χ4n) is 3.10. The standard InChI is InChI=1S/C19H27NO12/c1-27-12-7-10(9-21)11(20(25)26)8-13(12)30-6-4-5-14(22)31-17-15(23)18(28-2)32-19(29-3)16(17)24/h7-8,15-19,21,23-24H,4-6,9H2,1-3H3/t15-,16+,17-,18-,19-/m0/s1. The van der Waals surface area contributed by atoms with Crippen molar-refractivity contribution in [1.82, 2.24) is 0 Å². The van der Waals surface area contributed by atoms with Gasteiger partial charge in [-0.3, -0.25) is 14.9 Å². The van der Waals surface area contributed by atoms with Crippen LogP contribution in [0.2, 0.25) is 0 Å². The molecule has 0 amide bonds. The Labute approximate surface area is 183 Å². The van der Waals surface area contributed by atoms with Gasteiger partial charge in [-0.2, -0.15) is 0 Å². The van der Waals surface area contributed by atoms with Crippen molar-refractivity contribution < 1.29 is 53.5 Å². The molecule has 2 rings (SSSR count). The van der Waals surface area contributed by atoms with Gasteiger partial charge in [-0.15, -0.1) is 0 Å². The second-order valence-electron chi connectivity index (χ2n) is 6.78. The largest absolute Gasteiger partial charge is 0.493 e. The monoisotopic (exact) mass is 461 g/mol. The molecule has 1 fully saturated rings. The van der Waals surface area contributed by atoms with Gasteiger partial charge < -0.3 is 43.7 Å². The Morgan fingerprint density at radius 1 is 1.12 bits per heavy atom. The number of benzene rings is 1. The van der Waals surface area contributed by atoms with Crippen molar-refractivity contribution >= 4 is 11.7 Å². The third-order valence-electron chi connectivity index (χ3n) is 4.75. The van der Waals surface area contributed by atoms with Gasteiger partial charge in [-0.05, 0) is 12.5 Å². The van der Waals surface area contributed by atoms with Crippen LogP contribution in [0, 0.1) is 10.1 Å². The number of hydrogen-bond acceptors (Lipinski definition) is 12. The summed E-state index contributed by atoms with van der Waals surface area (Å²) in [4.78, 5) is 22.7. The normalized spacial score (nSPS) is 25.2. The lowest BCUT2D eigenvalue weighted by Gasteiger charge is -2.40. The minimum Gasteiger partial charge on any atom is -0.493 e. The van der Waals surface area contributed by atoms with Gasteiger partial charge in [0.1, 0.15) is 12.2 Å². The van der Waals surface area contributed by atoms with Gasteiger partial charge in [0.15, 0.2) is 30.2 Å². The summed E-state index contributed by atoms with van der Waals surface area (Å²) in [6, 6.07) is 2.43. The molecule has 1 heterocycles. The number of nitrogens with zero attached hydrogens (tertiary/aromatic N) is 1. The van der Waals surface area contributed by atoms with Gasteiger partial charge in [0, 0.05) is 20.6 Å². The van der Waals surface area contributed by atoms with Crippen LogP contribution in [0.1, 0.15) is 18.4 Å². The van der Waals surface area contributed by atoms with E-state index in [0.717, 1.165) is 6.07 Å². The van der Waals surface area contributed by atoms with Crippen LogP contribution in [0.4, 0.5) is 5.69 Å². The Hall–Kier alpha value is -2.55. The summed E-state index contributed by atoms with van der Waals surface area (Å²) in [5, 5.41) is 40.8. The van der Waals surface area contributed by atoms with Crippen LogP contribution < -0.4 is 9.47 Å². The van der Waals surface area contributed by atoms with E-state index in [2.05, 4.69) is 0 Å². The molecule has 0 unspecified atom stereocenters. The first kappa shape index (κ1) is 25.7. The number of rotatable bonds is 11. The second kappa shape index (κ2) is 11.9. The van der Waals surface area contributed by atoms with Crippen LogP contribution in [0.15, 0.2) is 12.1 Å². The highest BCUT2D eigenvalue weighted by Crippen LogP contribution is 2.35. The van der Waals surface area contributed by atoms with Crippen molar-refractivity contribution in [3.63, 3.8) is 0 Å². The molecule has 180 valence electrons. The smallest absolute Gasteiger partial charge is 0.306 e. The van der Waals surface area contributed by atoms with E-state index < -0.39 is 48.4 Å². The molecule has 1 aliphatic rings. The summed E-state index contributed by atoms with van der Waals surface area (Å²) >= 11 is 0. The number of nitro groups is 1. The van der Waals surface area contributed by atoms with E-state index in [4.69, 9.17) is 28.4 Å². The zero-order valence-electron chi connectivity index (χ0n) is 17.8. The first-order valence-electron chi connectivity index (χ1n) is 9.62. The molecule has 0 bridgehead atoms. The number of carbonyl (C=O) groups is 1. The summed E-state index contributed by atoms with van der Waals surface area (Å²) < 4.78 is 30.9. The minimum absolute atomic E-state index is 0.0125. The first-order chi connectivity index (χ1) is 15.3. The van der Waals surface area contributed by atoms with E-state index in [0.29, 0.717) is 0 Å². The highest BCUT2D eigenvalue weighted by Gasteiger charge is 2.47. The predicted octanol–water partition coefficient (Wildman–Crippen LogP) is -0.137. The Kier molecular flexibility index (Phi) is 9.56. The summed E-state index contributed by atoms with van der Waals surface area (Å²) in [7, 11) is 3.90. The van der Waals surface area contributed by atoms with Crippen LogP contribution >= 0.6 is 0 Å². The molecule has 13 nitrogen and oxygen atoms in total. The van der Waals surface area contributed by atoms with E-state index in [-0.39, 0.29) is 42.2 Å². The van der Waals surface area contributed by atoms with Crippen LogP contribution in [0.25, 0.3) is 0 Å². The topological polar surface area (TPSA) is 176 Å². The predicted molar refractivity (Wildman–Crippen MR) is 105 cm³/mol. The van der Waals surface area contributed by atoms with E-state index in [1.54, 1.807) is 0 Å². The summed E-state index contributed by atoms with van der Waals surface area (Å²) in [6.45, 7) is -0.558. The van der Waals surface area contributed by atoms with Gasteiger partial charge in [-0.1, -0.05) is 0 Å². The fraction of sp³-hybridized carbons (Fsp3) is 0.632. The van der Waals surface area contributed by atoms with Crippen molar-refractivity contribution in [3.05, 3.63) is 27.8 Å². The van der Waals surface area contributed by atoms with Crippen molar-refractivity contribution in [3.8, 4) is 11.5 Å². The van der Waals surface area contributed by atoms with Crippen LogP contribution in [-0.2, 0) is 30.3 Å². The number of carbonyl (C=O) groups excluding carboxylic acids is 1. The lowest BCUT2D eigenvalue weighted by molar-refractivity contribution is -0.385. The van der Waals surface area contributed by atoms with Crippen molar-refractivity contribution in [1.29, 1.82) is 0 Å². The van der Waals surface area contributed by atoms with E-state index in [9.17, 15) is 30.2 Å². The summed E-state index contributed by atoms with van der Waals surface area (Å²) in [6.07, 6.45) is -6.49. The van der Waals surface area contributed by atoms with Crippen molar-refractivity contribution in [2.45, 2.75) is 50.3 Å². The van der Waals surface area contributed by atoms with Gasteiger partial charge in [0.05, 0.1) is 36.9 Å². The molecule has 1 saturated heterocycles. The summed E-state index contributed by atoms with van der Waals surface area (Å²) in [5.41, 5.74) is -0.259. The molecule has 0 aromatic heterocycles. The van der Waals surface area contributed by atoms with Crippen LogP contribution in [-0.4, -0.2) is 85.0 Å². The molecule has 0 saturated carbocycles. The molecular formula is C19H27NO12. The maximum Gasteiger partial charge on any atom is 0.306 e. The van der Waals surface area contributed by atoms with Crippen molar-refractivity contribution in [2.75, 3.05) is 27.9 Å². The average Bonchev–Trinajstić information content (AvgIpc) is 2.79. The van der Waals surface area contributed by atoms with Crippen molar-refractivity contribution in [2.24, 2.45) is 0 Å². The molecule has 0 radical (unpaired) electrons. The van der Waals surface area contributed by atoms with Gasteiger partial charge in [-0.25, -0.2) is 0 Å². The maximum atomic E-state index is 12.2. The highest BCUT2D eigenvalue weighted by molar-refractivity contribution is 5.69. The molecular weight excluding hydrogens is 434 g/mol. The SMILES string of the molecule is COc1cc(CO)c([N+](=O)[O-])cc1OCCCC(=O)O[C@H]1[C@H](O)[C@@H](OC)O[C@H](OC)[C@@H]1O. The lowest BCUT2D eigenvalue weighted by atomic mass is 10.0. The average molecular weight is 461 g/mol. The lowest BCUT2D eigenvalue weighted by Crippen LogP contribution is -2.59. The molecule has 1 aromatic rings. The fourth-order valence-corrected chi connectivity index (χ4v) is 3.10. The van der Waals surface area contributed by atoms with Gasteiger partial charge in [0.2, 0.25) is 0 Å². The number of esters is 1. The number of aliphatic hydroxyl groups excluding tert-OH is 3. The Morgan fingerprint density at radius 3 is 2.25 bits per heavy atom. The number of nitro benzene ring substituents is 1.